The molecular weight excluding hydrogens is 298 g/mol. The Balaban J connectivity index is 0.00000242. The van der Waals surface area contributed by atoms with Crippen LogP contribution in [0.5, 0.6) is 0 Å². The molecule has 2 rings (SSSR count). The smallest absolute Gasteiger partial charge is 0.307 e. The topological polar surface area (TPSA) is 52.3 Å². The van der Waals surface area contributed by atoms with Gasteiger partial charge in [0.1, 0.15) is 0 Å². The lowest BCUT2D eigenvalue weighted by Gasteiger charge is -2.14. The number of carbonyl (C=O) groups excluding carboxylic acids is 1. The fourth-order valence-electron chi connectivity index (χ4n) is 2.58. The number of carbonyl (C=O) groups is 1. The fraction of sp³-hybridized carbons (Fsp3) is 0.278. The fourth-order valence-corrected chi connectivity index (χ4v) is 2.58. The number of halogens is 1. The van der Waals surface area contributed by atoms with Crippen LogP contribution in [0.2, 0.25) is 0 Å². The van der Waals surface area contributed by atoms with Crippen molar-refractivity contribution in [2.75, 3.05) is 7.11 Å². The summed E-state index contributed by atoms with van der Waals surface area (Å²) in [5.41, 5.74) is 11.9. The van der Waals surface area contributed by atoms with Crippen molar-refractivity contribution >= 4 is 18.4 Å². The Labute approximate surface area is 137 Å². The van der Waals surface area contributed by atoms with E-state index in [1.165, 1.54) is 23.8 Å². The van der Waals surface area contributed by atoms with Crippen LogP contribution in [-0.2, 0) is 9.53 Å². The molecule has 0 saturated heterocycles. The Hall–Kier alpha value is -1.84. The Bertz CT molecular complexity index is 635. The lowest BCUT2D eigenvalue weighted by Crippen LogP contribution is -2.16. The second-order valence-electron chi connectivity index (χ2n) is 5.28. The number of methoxy groups -OCH3 is 1. The van der Waals surface area contributed by atoms with Gasteiger partial charge in [-0.1, -0.05) is 36.4 Å². The monoisotopic (exact) mass is 319 g/mol. The van der Waals surface area contributed by atoms with Crippen LogP contribution in [0.3, 0.4) is 0 Å². The third-order valence-corrected chi connectivity index (χ3v) is 3.70. The molecule has 0 bridgehead atoms. The summed E-state index contributed by atoms with van der Waals surface area (Å²) in [6.45, 7) is 4.20. The maximum absolute atomic E-state index is 11.4. The van der Waals surface area contributed by atoms with Gasteiger partial charge in [0.05, 0.1) is 13.5 Å². The molecule has 2 N–H and O–H groups in total. The zero-order chi connectivity index (χ0) is 15.4. The van der Waals surface area contributed by atoms with Crippen molar-refractivity contribution in [1.29, 1.82) is 0 Å². The van der Waals surface area contributed by atoms with E-state index in [0.29, 0.717) is 0 Å². The SMILES string of the molecule is COC(=O)CC(N)c1cccc(-c2c(C)cccc2C)c1.Cl. The maximum atomic E-state index is 11.4. The first kappa shape index (κ1) is 18.2. The number of hydrogen-bond donors (Lipinski definition) is 1. The van der Waals surface area contributed by atoms with E-state index in [9.17, 15) is 4.79 Å². The summed E-state index contributed by atoms with van der Waals surface area (Å²) in [6, 6.07) is 14.0. The molecule has 0 saturated carbocycles. The molecule has 0 amide bonds. The van der Waals surface area contributed by atoms with Crippen molar-refractivity contribution in [3.8, 4) is 11.1 Å². The first-order chi connectivity index (χ1) is 10.0. The van der Waals surface area contributed by atoms with Crippen LogP contribution in [0.25, 0.3) is 11.1 Å². The van der Waals surface area contributed by atoms with Gasteiger partial charge in [0.15, 0.2) is 0 Å². The van der Waals surface area contributed by atoms with Gasteiger partial charge in [0.25, 0.3) is 0 Å². The predicted molar refractivity (Wildman–Crippen MR) is 92.2 cm³/mol. The van der Waals surface area contributed by atoms with Crippen LogP contribution in [0.1, 0.15) is 29.2 Å². The number of rotatable bonds is 4. The minimum absolute atomic E-state index is 0. The van der Waals surface area contributed by atoms with Gasteiger partial charge in [0.2, 0.25) is 0 Å². The van der Waals surface area contributed by atoms with Gasteiger partial charge in [-0.05, 0) is 47.7 Å². The van der Waals surface area contributed by atoms with Crippen molar-refractivity contribution in [3.63, 3.8) is 0 Å². The molecule has 0 aliphatic carbocycles. The third-order valence-electron chi connectivity index (χ3n) is 3.70. The Morgan fingerprint density at radius 2 is 1.73 bits per heavy atom. The Morgan fingerprint density at radius 3 is 2.32 bits per heavy atom. The van der Waals surface area contributed by atoms with Gasteiger partial charge in [-0.3, -0.25) is 4.79 Å². The first-order valence-electron chi connectivity index (χ1n) is 7.02. The average molecular weight is 320 g/mol. The normalized spacial score (nSPS) is 11.5. The van der Waals surface area contributed by atoms with Crippen LogP contribution >= 0.6 is 12.4 Å². The minimum atomic E-state index is -0.346. The van der Waals surface area contributed by atoms with Gasteiger partial charge in [0, 0.05) is 6.04 Å². The highest BCUT2D eigenvalue weighted by atomic mass is 35.5. The highest BCUT2D eigenvalue weighted by Crippen LogP contribution is 2.29. The van der Waals surface area contributed by atoms with Crippen molar-refractivity contribution in [1.82, 2.24) is 0 Å². The molecule has 4 heteroatoms. The largest absolute Gasteiger partial charge is 0.469 e. The van der Waals surface area contributed by atoms with Crippen molar-refractivity contribution < 1.29 is 9.53 Å². The van der Waals surface area contributed by atoms with Gasteiger partial charge in [-0.2, -0.15) is 0 Å². The highest BCUT2D eigenvalue weighted by molar-refractivity contribution is 5.85. The van der Waals surface area contributed by atoms with Gasteiger partial charge >= 0.3 is 5.97 Å². The summed E-state index contributed by atoms with van der Waals surface area (Å²) in [5, 5.41) is 0. The summed E-state index contributed by atoms with van der Waals surface area (Å²) in [4.78, 5) is 11.4. The van der Waals surface area contributed by atoms with Crippen LogP contribution in [0, 0.1) is 13.8 Å². The van der Waals surface area contributed by atoms with E-state index in [4.69, 9.17) is 5.73 Å². The molecule has 22 heavy (non-hydrogen) atoms. The number of aryl methyl sites for hydroxylation is 2. The lowest BCUT2D eigenvalue weighted by atomic mass is 9.93. The van der Waals surface area contributed by atoms with E-state index in [-0.39, 0.29) is 30.8 Å². The predicted octanol–water partition coefficient (Wildman–Crippen LogP) is 3.96. The van der Waals surface area contributed by atoms with E-state index < -0.39 is 0 Å². The molecule has 2 aromatic carbocycles. The minimum Gasteiger partial charge on any atom is -0.469 e. The average Bonchev–Trinajstić information content (AvgIpc) is 2.47. The summed E-state index contributed by atoms with van der Waals surface area (Å²) >= 11 is 0. The second kappa shape index (κ2) is 7.97. The highest BCUT2D eigenvalue weighted by Gasteiger charge is 2.13. The van der Waals surface area contributed by atoms with Crippen LogP contribution in [-0.4, -0.2) is 13.1 Å². The maximum Gasteiger partial charge on any atom is 0.307 e. The molecule has 3 nitrogen and oxygen atoms in total. The summed E-state index contributed by atoms with van der Waals surface area (Å²) in [5.74, 6) is -0.292. The molecule has 0 spiro atoms. The summed E-state index contributed by atoms with van der Waals surface area (Å²) in [7, 11) is 1.38. The standard InChI is InChI=1S/C18H21NO2.ClH/c1-12-6-4-7-13(2)18(12)15-9-5-8-14(10-15)16(19)11-17(20)21-3;/h4-10,16H,11,19H2,1-3H3;1H. The molecule has 1 unspecified atom stereocenters. The second-order valence-corrected chi connectivity index (χ2v) is 5.28. The number of nitrogens with two attached hydrogens (primary N) is 1. The molecule has 2 aromatic rings. The van der Waals surface area contributed by atoms with E-state index in [0.717, 1.165) is 11.1 Å². The van der Waals surface area contributed by atoms with Gasteiger partial charge in [-0.15, -0.1) is 12.4 Å². The zero-order valence-electron chi connectivity index (χ0n) is 13.1. The quantitative estimate of drug-likeness (QED) is 0.868. The third kappa shape index (κ3) is 4.09. The number of hydrogen-bond acceptors (Lipinski definition) is 3. The van der Waals surface area contributed by atoms with E-state index in [1.54, 1.807) is 0 Å². The Kier molecular flexibility index (Phi) is 6.60. The van der Waals surface area contributed by atoms with Crippen molar-refractivity contribution in [2.24, 2.45) is 5.73 Å². The number of benzene rings is 2. The number of esters is 1. The van der Waals surface area contributed by atoms with Crippen molar-refractivity contribution in [2.45, 2.75) is 26.3 Å². The van der Waals surface area contributed by atoms with Crippen molar-refractivity contribution in [3.05, 3.63) is 59.2 Å². The van der Waals surface area contributed by atoms with Crippen LogP contribution in [0.4, 0.5) is 0 Å². The molecule has 0 aromatic heterocycles. The van der Waals surface area contributed by atoms with E-state index >= 15 is 0 Å². The van der Waals surface area contributed by atoms with E-state index in [2.05, 4.69) is 48.9 Å². The van der Waals surface area contributed by atoms with E-state index in [1.807, 2.05) is 12.1 Å². The first-order valence-corrected chi connectivity index (χ1v) is 7.02. The molecule has 118 valence electrons. The lowest BCUT2D eigenvalue weighted by molar-refractivity contribution is -0.141. The van der Waals surface area contributed by atoms with Crippen LogP contribution < -0.4 is 5.73 Å². The van der Waals surface area contributed by atoms with Gasteiger partial charge in [-0.25, -0.2) is 0 Å². The molecule has 0 aliphatic rings. The number of ether oxygens (including phenoxy) is 1. The van der Waals surface area contributed by atoms with Gasteiger partial charge < -0.3 is 10.5 Å². The molecule has 0 fully saturated rings. The molecule has 0 radical (unpaired) electrons. The molecule has 0 aliphatic heterocycles. The Morgan fingerprint density at radius 1 is 1.14 bits per heavy atom. The molecular formula is C18H22ClNO2. The zero-order valence-corrected chi connectivity index (χ0v) is 13.9. The van der Waals surface area contributed by atoms with Crippen LogP contribution in [0.15, 0.2) is 42.5 Å². The summed E-state index contributed by atoms with van der Waals surface area (Å²) in [6.07, 6.45) is 0.187. The summed E-state index contributed by atoms with van der Waals surface area (Å²) < 4.78 is 4.68. The molecule has 0 heterocycles. The molecule has 1 atom stereocenters.